The van der Waals surface area contributed by atoms with Crippen molar-refractivity contribution in [2.24, 2.45) is 5.92 Å². The van der Waals surface area contributed by atoms with Crippen LogP contribution in [0.25, 0.3) is 0 Å². The van der Waals surface area contributed by atoms with Gasteiger partial charge in [0.25, 0.3) is 0 Å². The van der Waals surface area contributed by atoms with E-state index in [1.807, 2.05) is 42.2 Å². The van der Waals surface area contributed by atoms with Crippen molar-refractivity contribution in [1.29, 1.82) is 0 Å². The number of rotatable bonds is 3. The van der Waals surface area contributed by atoms with E-state index < -0.39 is 0 Å². The maximum Gasteiger partial charge on any atom is 0.227 e. The Hall–Kier alpha value is -2.16. The van der Waals surface area contributed by atoms with Crippen LogP contribution < -0.4 is 4.90 Å². The molecule has 3 nitrogen and oxygen atoms in total. The van der Waals surface area contributed by atoms with Crippen LogP contribution in [0.2, 0.25) is 0 Å². The standard InChI is InChI=1S/C18H20N2O/c1-13-8-14(2)19-16(9-13)10-15-11-18(21)20(12-15)17-6-4-3-5-7-17/h3-9,15H,10-12H2,1-2H3/t15-/m1/s1. The Bertz CT molecular complexity index is 631. The zero-order chi connectivity index (χ0) is 14.8. The average molecular weight is 280 g/mol. The van der Waals surface area contributed by atoms with Crippen LogP contribution in [0, 0.1) is 19.8 Å². The Morgan fingerprint density at radius 2 is 1.95 bits per heavy atom. The second-order valence-electron chi connectivity index (χ2n) is 5.89. The Morgan fingerprint density at radius 1 is 1.19 bits per heavy atom. The summed E-state index contributed by atoms with van der Waals surface area (Å²) in [5.41, 5.74) is 4.38. The Morgan fingerprint density at radius 3 is 2.67 bits per heavy atom. The SMILES string of the molecule is Cc1cc(C)nc(C[C@@H]2CC(=O)N(c3ccccc3)C2)c1. The van der Waals surface area contributed by atoms with Gasteiger partial charge in [-0.1, -0.05) is 18.2 Å². The van der Waals surface area contributed by atoms with Crippen LogP contribution in [0.3, 0.4) is 0 Å². The van der Waals surface area contributed by atoms with Gasteiger partial charge in [-0.05, 0) is 56.0 Å². The molecule has 1 fully saturated rings. The minimum Gasteiger partial charge on any atom is -0.312 e. The number of amides is 1. The van der Waals surface area contributed by atoms with Gasteiger partial charge in [0.05, 0.1) is 0 Å². The summed E-state index contributed by atoms with van der Waals surface area (Å²) in [6.45, 7) is 4.90. The molecule has 0 bridgehead atoms. The van der Waals surface area contributed by atoms with E-state index in [4.69, 9.17) is 0 Å². The first-order valence-electron chi connectivity index (χ1n) is 7.41. The van der Waals surface area contributed by atoms with Gasteiger partial charge in [-0.25, -0.2) is 0 Å². The monoisotopic (exact) mass is 280 g/mol. The fraction of sp³-hybridized carbons (Fsp3) is 0.333. The van der Waals surface area contributed by atoms with Crippen molar-refractivity contribution in [3.05, 3.63) is 59.4 Å². The summed E-state index contributed by atoms with van der Waals surface area (Å²) in [5, 5.41) is 0. The molecule has 0 radical (unpaired) electrons. The number of hydrogen-bond donors (Lipinski definition) is 0. The lowest BCUT2D eigenvalue weighted by Crippen LogP contribution is -2.24. The number of para-hydroxylation sites is 1. The quantitative estimate of drug-likeness (QED) is 0.864. The molecule has 0 N–H and O–H groups in total. The molecule has 1 atom stereocenters. The number of hydrogen-bond acceptors (Lipinski definition) is 2. The Balaban J connectivity index is 1.73. The molecule has 3 heteroatoms. The van der Waals surface area contributed by atoms with Crippen molar-refractivity contribution in [1.82, 2.24) is 4.98 Å². The van der Waals surface area contributed by atoms with E-state index >= 15 is 0 Å². The van der Waals surface area contributed by atoms with Gasteiger partial charge in [0.1, 0.15) is 0 Å². The minimum absolute atomic E-state index is 0.218. The van der Waals surface area contributed by atoms with E-state index in [9.17, 15) is 4.79 Å². The largest absolute Gasteiger partial charge is 0.312 e. The third-order valence-corrected chi connectivity index (χ3v) is 3.92. The first-order valence-corrected chi connectivity index (χ1v) is 7.41. The van der Waals surface area contributed by atoms with Crippen molar-refractivity contribution in [3.63, 3.8) is 0 Å². The van der Waals surface area contributed by atoms with E-state index in [0.29, 0.717) is 12.3 Å². The fourth-order valence-electron chi connectivity index (χ4n) is 3.10. The number of carbonyl (C=O) groups excluding carboxylic acids is 1. The molecular weight excluding hydrogens is 260 g/mol. The molecule has 1 aliphatic heterocycles. The number of aromatic nitrogens is 1. The lowest BCUT2D eigenvalue weighted by Gasteiger charge is -2.16. The molecule has 1 amide bonds. The molecule has 0 unspecified atom stereocenters. The third-order valence-electron chi connectivity index (χ3n) is 3.92. The van der Waals surface area contributed by atoms with Crippen molar-refractivity contribution in [2.75, 3.05) is 11.4 Å². The maximum atomic E-state index is 12.2. The van der Waals surface area contributed by atoms with Crippen LogP contribution in [-0.4, -0.2) is 17.4 Å². The van der Waals surface area contributed by atoms with E-state index in [0.717, 1.165) is 30.0 Å². The highest BCUT2D eigenvalue weighted by molar-refractivity contribution is 5.95. The first kappa shape index (κ1) is 13.8. The van der Waals surface area contributed by atoms with Gasteiger partial charge < -0.3 is 4.90 Å². The van der Waals surface area contributed by atoms with E-state index in [-0.39, 0.29) is 5.91 Å². The summed E-state index contributed by atoms with van der Waals surface area (Å²) < 4.78 is 0. The van der Waals surface area contributed by atoms with Gasteiger partial charge in [0.2, 0.25) is 5.91 Å². The van der Waals surface area contributed by atoms with Crippen LogP contribution in [0.4, 0.5) is 5.69 Å². The highest BCUT2D eigenvalue weighted by atomic mass is 16.2. The van der Waals surface area contributed by atoms with Crippen LogP contribution in [-0.2, 0) is 11.2 Å². The summed E-state index contributed by atoms with van der Waals surface area (Å²) >= 11 is 0. The van der Waals surface area contributed by atoms with Gasteiger partial charge >= 0.3 is 0 Å². The number of anilines is 1. The highest BCUT2D eigenvalue weighted by Crippen LogP contribution is 2.27. The molecule has 1 aliphatic rings. The van der Waals surface area contributed by atoms with Gasteiger partial charge in [-0.15, -0.1) is 0 Å². The normalized spacial score (nSPS) is 18.3. The molecule has 1 saturated heterocycles. The molecule has 3 rings (SSSR count). The highest BCUT2D eigenvalue weighted by Gasteiger charge is 2.30. The van der Waals surface area contributed by atoms with E-state index in [1.165, 1.54) is 5.56 Å². The summed E-state index contributed by atoms with van der Waals surface area (Å²) in [5.74, 6) is 0.571. The molecule has 0 spiro atoms. The maximum absolute atomic E-state index is 12.2. The van der Waals surface area contributed by atoms with Crippen molar-refractivity contribution >= 4 is 11.6 Å². The number of benzene rings is 1. The first-order chi connectivity index (χ1) is 10.1. The second kappa shape index (κ2) is 5.68. The lowest BCUT2D eigenvalue weighted by atomic mass is 10.0. The molecule has 1 aromatic carbocycles. The van der Waals surface area contributed by atoms with Crippen LogP contribution >= 0.6 is 0 Å². The second-order valence-corrected chi connectivity index (χ2v) is 5.89. The predicted molar refractivity (Wildman–Crippen MR) is 84.3 cm³/mol. The Labute approximate surface area is 125 Å². The zero-order valence-corrected chi connectivity index (χ0v) is 12.5. The fourth-order valence-corrected chi connectivity index (χ4v) is 3.10. The number of carbonyl (C=O) groups is 1. The van der Waals surface area contributed by atoms with Crippen LogP contribution in [0.1, 0.15) is 23.4 Å². The van der Waals surface area contributed by atoms with Gasteiger partial charge in [0.15, 0.2) is 0 Å². The minimum atomic E-state index is 0.218. The summed E-state index contributed by atoms with van der Waals surface area (Å²) in [4.78, 5) is 18.7. The summed E-state index contributed by atoms with van der Waals surface area (Å²) in [7, 11) is 0. The molecular formula is C18H20N2O. The molecule has 0 saturated carbocycles. The molecule has 1 aromatic heterocycles. The molecule has 21 heavy (non-hydrogen) atoms. The van der Waals surface area contributed by atoms with Crippen molar-refractivity contribution in [3.8, 4) is 0 Å². The summed E-state index contributed by atoms with van der Waals surface area (Å²) in [6.07, 6.45) is 1.49. The third kappa shape index (κ3) is 3.13. The lowest BCUT2D eigenvalue weighted by molar-refractivity contribution is -0.117. The van der Waals surface area contributed by atoms with Crippen molar-refractivity contribution < 1.29 is 4.79 Å². The van der Waals surface area contributed by atoms with Crippen molar-refractivity contribution in [2.45, 2.75) is 26.7 Å². The molecule has 2 heterocycles. The summed E-state index contributed by atoms with van der Waals surface area (Å²) in [6, 6.07) is 14.1. The van der Waals surface area contributed by atoms with Crippen LogP contribution in [0.5, 0.6) is 0 Å². The van der Waals surface area contributed by atoms with E-state index in [2.05, 4.69) is 24.0 Å². The van der Waals surface area contributed by atoms with Gasteiger partial charge in [-0.3, -0.25) is 9.78 Å². The van der Waals surface area contributed by atoms with Gasteiger partial charge in [0, 0.05) is 30.0 Å². The molecule has 108 valence electrons. The number of aryl methyl sites for hydroxylation is 2. The molecule has 0 aliphatic carbocycles. The van der Waals surface area contributed by atoms with Crippen LogP contribution in [0.15, 0.2) is 42.5 Å². The average Bonchev–Trinajstić information content (AvgIpc) is 2.79. The smallest absolute Gasteiger partial charge is 0.227 e. The predicted octanol–water partition coefficient (Wildman–Crippen LogP) is 3.29. The number of nitrogens with zero attached hydrogens (tertiary/aromatic N) is 2. The van der Waals surface area contributed by atoms with Gasteiger partial charge in [-0.2, -0.15) is 0 Å². The van der Waals surface area contributed by atoms with E-state index in [1.54, 1.807) is 0 Å². The number of pyridine rings is 1. The Kier molecular flexibility index (Phi) is 3.74. The zero-order valence-electron chi connectivity index (χ0n) is 12.5. The topological polar surface area (TPSA) is 33.2 Å². The molecule has 2 aromatic rings.